The second-order valence-corrected chi connectivity index (χ2v) is 7.73. The Balaban J connectivity index is 1.38. The zero-order chi connectivity index (χ0) is 23.7. The number of nitrogens with zero attached hydrogens (tertiary/aromatic N) is 4. The average molecular weight is 452 g/mol. The number of aromatic nitrogens is 4. The summed E-state index contributed by atoms with van der Waals surface area (Å²) in [6.45, 7) is 3.71. The molecule has 34 heavy (non-hydrogen) atoms. The Bertz CT molecular complexity index is 1520. The van der Waals surface area contributed by atoms with Crippen molar-refractivity contribution in [1.82, 2.24) is 30.8 Å². The van der Waals surface area contributed by atoms with Gasteiger partial charge < -0.3 is 4.42 Å². The molecular formula is C25H20N6O3. The van der Waals surface area contributed by atoms with E-state index in [0.717, 1.165) is 11.3 Å². The Hall–Kier alpha value is -4.79. The fraction of sp³-hybridized carbons (Fsp3) is 0.0800. The van der Waals surface area contributed by atoms with Gasteiger partial charge in [-0.15, -0.1) is 5.10 Å². The molecule has 0 saturated heterocycles. The number of pyridine rings is 1. The third-order valence-corrected chi connectivity index (χ3v) is 5.38. The summed E-state index contributed by atoms with van der Waals surface area (Å²) >= 11 is 0. The van der Waals surface area contributed by atoms with Crippen LogP contribution in [0.5, 0.6) is 0 Å². The third kappa shape index (κ3) is 3.90. The van der Waals surface area contributed by atoms with E-state index >= 15 is 0 Å². The molecule has 0 atom stereocenters. The van der Waals surface area contributed by atoms with Crippen LogP contribution >= 0.6 is 0 Å². The van der Waals surface area contributed by atoms with Crippen LogP contribution in [-0.4, -0.2) is 31.8 Å². The summed E-state index contributed by atoms with van der Waals surface area (Å²) in [4.78, 5) is 30.4. The average Bonchev–Trinajstić information content (AvgIpc) is 3.52. The number of benzene rings is 2. The predicted octanol–water partition coefficient (Wildman–Crippen LogP) is 3.77. The molecule has 2 aromatic carbocycles. The number of aryl methyl sites for hydroxylation is 1. The number of rotatable bonds is 4. The lowest BCUT2D eigenvalue weighted by Gasteiger charge is -2.10. The maximum atomic E-state index is 13.0. The van der Waals surface area contributed by atoms with Crippen molar-refractivity contribution in [2.45, 2.75) is 13.8 Å². The number of hydrogen-bond donors (Lipinski definition) is 2. The number of hydrazine groups is 1. The lowest BCUT2D eigenvalue weighted by atomic mass is 10.1. The first-order valence-corrected chi connectivity index (χ1v) is 10.5. The predicted molar refractivity (Wildman–Crippen MR) is 125 cm³/mol. The highest BCUT2D eigenvalue weighted by Gasteiger charge is 2.20. The zero-order valence-corrected chi connectivity index (χ0v) is 18.4. The van der Waals surface area contributed by atoms with Crippen LogP contribution in [0.15, 0.2) is 77.4 Å². The Kier molecular flexibility index (Phi) is 5.35. The summed E-state index contributed by atoms with van der Waals surface area (Å²) in [7, 11) is 0. The molecule has 0 bridgehead atoms. The third-order valence-electron chi connectivity index (χ3n) is 5.38. The molecule has 3 aromatic heterocycles. The first-order valence-electron chi connectivity index (χ1n) is 10.5. The molecule has 168 valence electrons. The monoisotopic (exact) mass is 452 g/mol. The smallest absolute Gasteiger partial charge is 0.292 e. The number of carbonyl (C=O) groups is 2. The second kappa shape index (κ2) is 8.62. The Labute approximate surface area is 194 Å². The Morgan fingerprint density at radius 2 is 1.74 bits per heavy atom. The molecule has 0 aliphatic heterocycles. The number of amides is 2. The lowest BCUT2D eigenvalue weighted by Crippen LogP contribution is -2.42. The van der Waals surface area contributed by atoms with Gasteiger partial charge in [-0.1, -0.05) is 35.5 Å². The summed E-state index contributed by atoms with van der Waals surface area (Å²) in [5.74, 6) is -0.537. The molecule has 5 rings (SSSR count). The molecule has 0 unspecified atom stereocenters. The van der Waals surface area contributed by atoms with Gasteiger partial charge in [0.05, 0.1) is 28.7 Å². The minimum atomic E-state index is -0.575. The number of furan rings is 1. The minimum absolute atomic E-state index is 0.109. The van der Waals surface area contributed by atoms with Crippen molar-refractivity contribution >= 4 is 22.7 Å². The van der Waals surface area contributed by atoms with Gasteiger partial charge in [-0.3, -0.25) is 20.4 Å². The molecule has 9 heteroatoms. The summed E-state index contributed by atoms with van der Waals surface area (Å²) in [5.41, 5.74) is 8.90. The number of nitrogens with one attached hydrogen (secondary N) is 2. The number of hydrogen-bond acceptors (Lipinski definition) is 6. The Morgan fingerprint density at radius 1 is 0.912 bits per heavy atom. The molecule has 5 aromatic rings. The highest BCUT2D eigenvalue weighted by Crippen LogP contribution is 2.25. The van der Waals surface area contributed by atoms with Crippen molar-refractivity contribution in [2.24, 2.45) is 0 Å². The summed E-state index contributed by atoms with van der Waals surface area (Å²) < 4.78 is 7.02. The van der Waals surface area contributed by atoms with E-state index in [4.69, 9.17) is 4.42 Å². The van der Waals surface area contributed by atoms with Crippen LogP contribution < -0.4 is 10.9 Å². The summed E-state index contributed by atoms with van der Waals surface area (Å²) in [6.07, 6.45) is 1.54. The van der Waals surface area contributed by atoms with Crippen LogP contribution in [0, 0.1) is 13.8 Å². The maximum absolute atomic E-state index is 13.0. The zero-order valence-electron chi connectivity index (χ0n) is 18.4. The molecule has 2 amide bonds. The fourth-order valence-electron chi connectivity index (χ4n) is 3.70. The summed E-state index contributed by atoms with van der Waals surface area (Å²) in [5, 5.41) is 8.73. The van der Waals surface area contributed by atoms with Crippen LogP contribution in [0.3, 0.4) is 0 Å². The first-order chi connectivity index (χ1) is 16.5. The van der Waals surface area contributed by atoms with Gasteiger partial charge in [0.1, 0.15) is 5.69 Å². The number of carbonyl (C=O) groups excluding carboxylic acids is 2. The van der Waals surface area contributed by atoms with Gasteiger partial charge in [0.2, 0.25) is 0 Å². The molecule has 0 radical (unpaired) electrons. The van der Waals surface area contributed by atoms with E-state index in [9.17, 15) is 9.59 Å². The molecule has 0 saturated carbocycles. The van der Waals surface area contributed by atoms with Gasteiger partial charge in [-0.2, -0.15) is 0 Å². The van der Waals surface area contributed by atoms with Crippen LogP contribution in [0.25, 0.3) is 28.0 Å². The quantitative estimate of drug-likeness (QED) is 0.401. The van der Waals surface area contributed by atoms with Gasteiger partial charge in [0.15, 0.2) is 11.5 Å². The van der Waals surface area contributed by atoms with Crippen molar-refractivity contribution in [3.8, 4) is 17.1 Å². The molecule has 2 N–H and O–H groups in total. The van der Waals surface area contributed by atoms with E-state index in [-0.39, 0.29) is 5.69 Å². The Morgan fingerprint density at radius 3 is 2.53 bits per heavy atom. The standard InChI is InChI=1S/C25H20N6O3/c1-15-7-5-8-17(13-15)31-16(2)23(27-30-31)25(33)29-28-24(32)19-14-21(22-11-6-12-34-22)26-20-10-4-3-9-18(19)20/h3-14H,1-2H3,(H,28,32)(H,29,33). The van der Waals surface area contributed by atoms with E-state index in [1.165, 1.54) is 0 Å². The van der Waals surface area contributed by atoms with Crippen LogP contribution in [0.1, 0.15) is 32.1 Å². The molecule has 0 aliphatic rings. The maximum Gasteiger partial charge on any atom is 0.292 e. The highest BCUT2D eigenvalue weighted by molar-refractivity contribution is 6.08. The van der Waals surface area contributed by atoms with Gasteiger partial charge >= 0.3 is 0 Å². The van der Waals surface area contributed by atoms with Crippen LogP contribution in [0.2, 0.25) is 0 Å². The molecule has 0 fully saturated rings. The van der Waals surface area contributed by atoms with E-state index in [2.05, 4.69) is 26.1 Å². The fourth-order valence-corrected chi connectivity index (χ4v) is 3.70. The van der Waals surface area contributed by atoms with Gasteiger partial charge in [0.25, 0.3) is 11.8 Å². The molecule has 0 spiro atoms. The SMILES string of the molecule is Cc1cccc(-n2nnc(C(=O)NNC(=O)c3cc(-c4ccco4)nc4ccccc34)c2C)c1. The molecular weight excluding hydrogens is 432 g/mol. The van der Waals surface area contributed by atoms with Crippen LogP contribution in [-0.2, 0) is 0 Å². The van der Waals surface area contributed by atoms with Gasteiger partial charge in [0, 0.05) is 5.39 Å². The largest absolute Gasteiger partial charge is 0.463 e. The summed E-state index contributed by atoms with van der Waals surface area (Å²) in [6, 6.07) is 20.1. The lowest BCUT2D eigenvalue weighted by molar-refractivity contribution is 0.0844. The van der Waals surface area contributed by atoms with Crippen molar-refractivity contribution in [3.63, 3.8) is 0 Å². The number of para-hydroxylation sites is 1. The minimum Gasteiger partial charge on any atom is -0.463 e. The van der Waals surface area contributed by atoms with E-state index in [1.54, 1.807) is 42.1 Å². The van der Waals surface area contributed by atoms with Crippen molar-refractivity contribution in [2.75, 3.05) is 0 Å². The normalized spacial score (nSPS) is 10.9. The molecule has 0 aliphatic carbocycles. The van der Waals surface area contributed by atoms with E-state index < -0.39 is 11.8 Å². The van der Waals surface area contributed by atoms with Crippen molar-refractivity contribution in [1.29, 1.82) is 0 Å². The highest BCUT2D eigenvalue weighted by atomic mass is 16.3. The van der Waals surface area contributed by atoms with Crippen LogP contribution in [0.4, 0.5) is 0 Å². The van der Waals surface area contributed by atoms with Gasteiger partial charge in [-0.25, -0.2) is 9.67 Å². The van der Waals surface area contributed by atoms with Crippen molar-refractivity contribution in [3.05, 3.63) is 95.5 Å². The van der Waals surface area contributed by atoms with Crippen molar-refractivity contribution < 1.29 is 14.0 Å². The van der Waals surface area contributed by atoms with Gasteiger partial charge in [-0.05, 0) is 55.8 Å². The topological polar surface area (TPSA) is 115 Å². The molecule has 9 nitrogen and oxygen atoms in total. The number of fused-ring (bicyclic) bond motifs is 1. The molecule has 3 heterocycles. The van der Waals surface area contributed by atoms with E-state index in [0.29, 0.717) is 33.6 Å². The van der Waals surface area contributed by atoms with E-state index in [1.807, 2.05) is 49.4 Å². The first kappa shape index (κ1) is 21.1. The second-order valence-electron chi connectivity index (χ2n) is 7.73.